The third-order valence-corrected chi connectivity index (χ3v) is 2.51. The monoisotopic (exact) mass is 245 g/mol. The number of nitrogens with two attached hydrogens (primary N) is 1. The number of halogens is 2. The van der Waals surface area contributed by atoms with Crippen molar-refractivity contribution in [1.82, 2.24) is 0 Å². The van der Waals surface area contributed by atoms with Gasteiger partial charge in [0.2, 0.25) is 0 Å². The normalized spacial score (nSPS) is 13.4. The van der Waals surface area contributed by atoms with Crippen molar-refractivity contribution in [3.05, 3.63) is 23.3 Å². The van der Waals surface area contributed by atoms with E-state index in [0.29, 0.717) is 11.3 Å². The molecule has 2 N–H and O–H groups in total. The molecular weight excluding hydrogens is 228 g/mol. The lowest BCUT2D eigenvalue weighted by Gasteiger charge is -2.19. The summed E-state index contributed by atoms with van der Waals surface area (Å²) in [4.78, 5) is 0. The zero-order chi connectivity index (χ0) is 13.2. The van der Waals surface area contributed by atoms with Crippen molar-refractivity contribution >= 4 is 0 Å². The standard InChI is InChI=1S/C12H17F2NO2/c1-7(15)9-5-8(12(2,13)14)6-10(16-3)11(9)17-4/h5-7H,15H2,1-4H3. The van der Waals surface area contributed by atoms with Crippen molar-refractivity contribution in [1.29, 1.82) is 0 Å². The van der Waals surface area contributed by atoms with E-state index < -0.39 is 12.0 Å². The summed E-state index contributed by atoms with van der Waals surface area (Å²) in [6.07, 6.45) is 0. The molecule has 0 saturated heterocycles. The minimum atomic E-state index is -2.94. The summed E-state index contributed by atoms with van der Waals surface area (Å²) in [6.45, 7) is 2.54. The Morgan fingerprint density at radius 2 is 1.82 bits per heavy atom. The van der Waals surface area contributed by atoms with E-state index in [1.54, 1.807) is 6.92 Å². The van der Waals surface area contributed by atoms with E-state index in [4.69, 9.17) is 15.2 Å². The highest BCUT2D eigenvalue weighted by Crippen LogP contribution is 2.39. The van der Waals surface area contributed by atoms with Gasteiger partial charge in [-0.05, 0) is 19.1 Å². The molecule has 1 aromatic rings. The fourth-order valence-electron chi connectivity index (χ4n) is 1.59. The van der Waals surface area contributed by atoms with Crippen LogP contribution in [0.1, 0.15) is 31.0 Å². The van der Waals surface area contributed by atoms with Gasteiger partial charge in [0, 0.05) is 24.1 Å². The van der Waals surface area contributed by atoms with Crippen molar-refractivity contribution in [2.45, 2.75) is 25.8 Å². The maximum absolute atomic E-state index is 13.3. The lowest BCUT2D eigenvalue weighted by Crippen LogP contribution is -2.13. The molecule has 0 saturated carbocycles. The lowest BCUT2D eigenvalue weighted by atomic mass is 10.0. The maximum Gasteiger partial charge on any atom is 0.270 e. The van der Waals surface area contributed by atoms with Crippen molar-refractivity contribution in [2.24, 2.45) is 5.73 Å². The van der Waals surface area contributed by atoms with Gasteiger partial charge in [-0.15, -0.1) is 0 Å². The molecule has 1 aromatic carbocycles. The molecule has 1 rings (SSSR count). The minimum absolute atomic E-state index is 0.137. The lowest BCUT2D eigenvalue weighted by molar-refractivity contribution is 0.0171. The average molecular weight is 245 g/mol. The van der Waals surface area contributed by atoms with E-state index in [1.165, 1.54) is 26.4 Å². The molecule has 0 heterocycles. The second-order valence-corrected chi connectivity index (χ2v) is 3.98. The van der Waals surface area contributed by atoms with Crippen LogP contribution < -0.4 is 15.2 Å². The second-order valence-electron chi connectivity index (χ2n) is 3.98. The first kappa shape index (κ1) is 13.7. The molecule has 1 atom stereocenters. The molecule has 0 aliphatic carbocycles. The SMILES string of the molecule is COc1cc(C(C)(F)F)cc(C(C)N)c1OC. The first-order valence-corrected chi connectivity index (χ1v) is 5.21. The van der Waals surface area contributed by atoms with E-state index in [9.17, 15) is 8.78 Å². The smallest absolute Gasteiger partial charge is 0.270 e. The van der Waals surface area contributed by atoms with Crippen LogP contribution in [0.4, 0.5) is 8.78 Å². The quantitative estimate of drug-likeness (QED) is 0.887. The Bertz CT molecular complexity index is 400. The van der Waals surface area contributed by atoms with Gasteiger partial charge in [0.15, 0.2) is 11.5 Å². The Kier molecular flexibility index (Phi) is 3.93. The molecule has 0 radical (unpaired) electrons. The molecule has 0 spiro atoms. The predicted molar refractivity (Wildman–Crippen MR) is 61.7 cm³/mol. The molecule has 0 amide bonds. The van der Waals surface area contributed by atoms with Gasteiger partial charge in [-0.2, -0.15) is 0 Å². The minimum Gasteiger partial charge on any atom is -0.493 e. The Hall–Kier alpha value is -1.36. The van der Waals surface area contributed by atoms with Crippen LogP contribution in [0.25, 0.3) is 0 Å². The maximum atomic E-state index is 13.3. The summed E-state index contributed by atoms with van der Waals surface area (Å²) in [6, 6.07) is 2.21. The Morgan fingerprint density at radius 3 is 2.18 bits per heavy atom. The second kappa shape index (κ2) is 4.87. The number of hydrogen-bond donors (Lipinski definition) is 1. The fourth-order valence-corrected chi connectivity index (χ4v) is 1.59. The van der Waals surface area contributed by atoms with E-state index in [0.717, 1.165) is 6.92 Å². The van der Waals surface area contributed by atoms with Crippen LogP contribution in [-0.2, 0) is 5.92 Å². The van der Waals surface area contributed by atoms with Gasteiger partial charge >= 0.3 is 0 Å². The van der Waals surface area contributed by atoms with E-state index >= 15 is 0 Å². The Morgan fingerprint density at radius 1 is 1.24 bits per heavy atom. The van der Waals surface area contributed by atoms with Crippen LogP contribution in [0, 0.1) is 0 Å². The summed E-state index contributed by atoms with van der Waals surface area (Å²) in [5.41, 5.74) is 6.11. The van der Waals surface area contributed by atoms with Crippen molar-refractivity contribution < 1.29 is 18.3 Å². The van der Waals surface area contributed by atoms with Crippen LogP contribution in [0.15, 0.2) is 12.1 Å². The predicted octanol–water partition coefficient (Wildman–Crippen LogP) is 2.84. The van der Waals surface area contributed by atoms with E-state index in [-0.39, 0.29) is 11.3 Å². The highest BCUT2D eigenvalue weighted by Gasteiger charge is 2.28. The van der Waals surface area contributed by atoms with Crippen LogP contribution in [0.5, 0.6) is 11.5 Å². The Balaban J connectivity index is 3.46. The zero-order valence-electron chi connectivity index (χ0n) is 10.4. The molecule has 0 fully saturated rings. The molecule has 17 heavy (non-hydrogen) atoms. The van der Waals surface area contributed by atoms with Gasteiger partial charge in [-0.1, -0.05) is 0 Å². The number of ether oxygens (including phenoxy) is 2. The number of rotatable bonds is 4. The molecule has 0 aliphatic rings. The van der Waals surface area contributed by atoms with Crippen molar-refractivity contribution in [2.75, 3.05) is 14.2 Å². The molecule has 0 aromatic heterocycles. The van der Waals surface area contributed by atoms with Gasteiger partial charge in [-0.25, -0.2) is 8.78 Å². The van der Waals surface area contributed by atoms with Gasteiger partial charge in [-0.3, -0.25) is 0 Å². The van der Waals surface area contributed by atoms with Crippen LogP contribution in [0.2, 0.25) is 0 Å². The van der Waals surface area contributed by atoms with Gasteiger partial charge < -0.3 is 15.2 Å². The molecule has 96 valence electrons. The van der Waals surface area contributed by atoms with E-state index in [2.05, 4.69) is 0 Å². The molecule has 0 bridgehead atoms. The number of benzene rings is 1. The van der Waals surface area contributed by atoms with Gasteiger partial charge in [0.05, 0.1) is 14.2 Å². The third kappa shape index (κ3) is 2.85. The molecule has 1 unspecified atom stereocenters. The van der Waals surface area contributed by atoms with Crippen molar-refractivity contribution in [3.63, 3.8) is 0 Å². The first-order valence-electron chi connectivity index (χ1n) is 5.21. The highest BCUT2D eigenvalue weighted by molar-refractivity contribution is 5.51. The van der Waals surface area contributed by atoms with Crippen LogP contribution in [-0.4, -0.2) is 14.2 Å². The molecule has 3 nitrogen and oxygen atoms in total. The Labute approximate surface area is 99.5 Å². The molecule has 0 aliphatic heterocycles. The summed E-state index contributed by atoms with van der Waals surface area (Å²) in [5.74, 6) is -2.28. The highest BCUT2D eigenvalue weighted by atomic mass is 19.3. The summed E-state index contributed by atoms with van der Waals surface area (Å²) >= 11 is 0. The van der Waals surface area contributed by atoms with Crippen molar-refractivity contribution in [3.8, 4) is 11.5 Å². The van der Waals surface area contributed by atoms with Gasteiger partial charge in [0.25, 0.3) is 5.92 Å². The van der Waals surface area contributed by atoms with Gasteiger partial charge in [0.1, 0.15) is 0 Å². The number of methoxy groups -OCH3 is 2. The summed E-state index contributed by atoms with van der Waals surface area (Å²) in [7, 11) is 2.86. The summed E-state index contributed by atoms with van der Waals surface area (Å²) in [5, 5.41) is 0. The first-order chi connectivity index (χ1) is 7.81. The third-order valence-electron chi connectivity index (χ3n) is 2.51. The summed E-state index contributed by atoms with van der Waals surface area (Å²) < 4.78 is 36.8. The zero-order valence-corrected chi connectivity index (χ0v) is 10.4. The molecule has 5 heteroatoms. The molecular formula is C12H17F2NO2. The average Bonchev–Trinajstić information content (AvgIpc) is 2.25. The van der Waals surface area contributed by atoms with Crippen LogP contribution >= 0.6 is 0 Å². The van der Waals surface area contributed by atoms with E-state index in [1.807, 2.05) is 0 Å². The topological polar surface area (TPSA) is 44.5 Å². The van der Waals surface area contributed by atoms with Crippen LogP contribution in [0.3, 0.4) is 0 Å². The number of alkyl halides is 2. The number of hydrogen-bond acceptors (Lipinski definition) is 3. The fraction of sp³-hybridized carbons (Fsp3) is 0.500. The largest absolute Gasteiger partial charge is 0.493 e.